The number of halogens is 1. The molecule has 0 spiro atoms. The summed E-state index contributed by atoms with van der Waals surface area (Å²) in [6, 6.07) is 7.57. The van der Waals surface area contributed by atoms with Crippen LogP contribution in [0.5, 0.6) is 0 Å². The van der Waals surface area contributed by atoms with Crippen LogP contribution in [0, 0.1) is 3.57 Å². The molecule has 6 heteroatoms. The molecule has 21 heavy (non-hydrogen) atoms. The van der Waals surface area contributed by atoms with Crippen molar-refractivity contribution in [3.8, 4) is 0 Å². The van der Waals surface area contributed by atoms with E-state index in [9.17, 15) is 9.59 Å². The topological polar surface area (TPSA) is 69.6 Å². The van der Waals surface area contributed by atoms with Gasteiger partial charge in [0.1, 0.15) is 0 Å². The average Bonchev–Trinajstić information content (AvgIpc) is 2.43. The van der Waals surface area contributed by atoms with Crippen LogP contribution in [0.4, 0.5) is 5.69 Å². The van der Waals surface area contributed by atoms with Gasteiger partial charge in [0.05, 0.1) is 18.7 Å². The smallest absolute Gasteiger partial charge is 0.304 e. The fraction of sp³-hybridized carbons (Fsp3) is 0.467. The number of rotatable bonds is 5. The molecular formula is C15H19IN2O3. The van der Waals surface area contributed by atoms with Crippen molar-refractivity contribution in [2.45, 2.75) is 31.7 Å². The molecule has 0 aromatic heterocycles. The Balaban J connectivity index is 1.94. The molecule has 5 nitrogen and oxygen atoms in total. The van der Waals surface area contributed by atoms with Crippen LogP contribution in [0.1, 0.15) is 25.7 Å². The number of aliphatic carboxylic acids is 1. The first-order valence-corrected chi connectivity index (χ1v) is 8.14. The Morgan fingerprint density at radius 3 is 2.81 bits per heavy atom. The van der Waals surface area contributed by atoms with Gasteiger partial charge in [-0.25, -0.2) is 0 Å². The van der Waals surface area contributed by atoms with Crippen molar-refractivity contribution >= 4 is 40.2 Å². The molecule has 2 N–H and O–H groups in total. The van der Waals surface area contributed by atoms with E-state index in [0.717, 1.165) is 35.1 Å². The maximum absolute atomic E-state index is 12.2. The highest BCUT2D eigenvalue weighted by molar-refractivity contribution is 14.1. The molecule has 1 aromatic carbocycles. The monoisotopic (exact) mass is 402 g/mol. The van der Waals surface area contributed by atoms with Crippen molar-refractivity contribution in [2.75, 3.05) is 18.4 Å². The minimum atomic E-state index is -0.801. The summed E-state index contributed by atoms with van der Waals surface area (Å²) in [7, 11) is 0. The molecule has 1 saturated heterocycles. The highest BCUT2D eigenvalue weighted by Crippen LogP contribution is 2.20. The van der Waals surface area contributed by atoms with E-state index in [1.165, 1.54) is 0 Å². The average molecular weight is 402 g/mol. The Bertz CT molecular complexity index is 521. The number of likely N-dealkylation sites (tertiary alicyclic amines) is 1. The largest absolute Gasteiger partial charge is 0.481 e. The molecular weight excluding hydrogens is 383 g/mol. The zero-order chi connectivity index (χ0) is 15.2. The van der Waals surface area contributed by atoms with Crippen LogP contribution in [-0.4, -0.2) is 41.0 Å². The summed E-state index contributed by atoms with van der Waals surface area (Å²) in [5.74, 6) is -0.888. The number of carbonyl (C=O) groups is 2. The Morgan fingerprint density at radius 2 is 2.10 bits per heavy atom. The fourth-order valence-electron chi connectivity index (χ4n) is 2.64. The first-order chi connectivity index (χ1) is 10.1. The zero-order valence-corrected chi connectivity index (χ0v) is 13.9. The van der Waals surface area contributed by atoms with E-state index in [2.05, 4.69) is 27.9 Å². The molecule has 1 aromatic rings. The van der Waals surface area contributed by atoms with Crippen LogP contribution in [-0.2, 0) is 9.59 Å². The van der Waals surface area contributed by atoms with E-state index >= 15 is 0 Å². The molecule has 114 valence electrons. The maximum Gasteiger partial charge on any atom is 0.304 e. The van der Waals surface area contributed by atoms with Crippen molar-refractivity contribution in [1.82, 2.24) is 4.90 Å². The van der Waals surface area contributed by atoms with Gasteiger partial charge in [-0.15, -0.1) is 0 Å². The van der Waals surface area contributed by atoms with Crippen LogP contribution < -0.4 is 5.32 Å². The van der Waals surface area contributed by atoms with Gasteiger partial charge in [-0.05, 0) is 54.1 Å². The molecule has 1 fully saturated rings. The minimum absolute atomic E-state index is 0.0307. The van der Waals surface area contributed by atoms with Crippen LogP contribution in [0.3, 0.4) is 0 Å². The lowest BCUT2D eigenvalue weighted by Gasteiger charge is -2.34. The van der Waals surface area contributed by atoms with Gasteiger partial charge in [-0.3, -0.25) is 14.5 Å². The Labute approximate surface area is 137 Å². The summed E-state index contributed by atoms with van der Waals surface area (Å²) < 4.78 is 0.990. The Morgan fingerprint density at radius 1 is 1.33 bits per heavy atom. The first-order valence-electron chi connectivity index (χ1n) is 7.06. The standard InChI is InChI=1S/C15H19IN2O3/c16-12-6-1-2-7-13(12)17-14(19)10-18-8-4-3-5-11(18)9-15(20)21/h1-2,6-7,11H,3-5,8-10H2,(H,17,19)(H,20,21). The van der Waals surface area contributed by atoms with Crippen molar-refractivity contribution in [3.63, 3.8) is 0 Å². The molecule has 2 rings (SSSR count). The van der Waals surface area contributed by atoms with Gasteiger partial charge in [-0.1, -0.05) is 18.6 Å². The second kappa shape index (κ2) is 7.74. The normalized spacial score (nSPS) is 19.2. The number of carboxylic acids is 1. The maximum atomic E-state index is 12.2. The van der Waals surface area contributed by atoms with E-state index in [-0.39, 0.29) is 24.9 Å². The second-order valence-electron chi connectivity index (χ2n) is 5.25. The number of carboxylic acid groups (broad SMARTS) is 1. The summed E-state index contributed by atoms with van der Waals surface area (Å²) in [5.41, 5.74) is 0.801. The van der Waals surface area contributed by atoms with E-state index in [1.54, 1.807) is 0 Å². The molecule has 1 heterocycles. The van der Waals surface area contributed by atoms with Crippen molar-refractivity contribution in [3.05, 3.63) is 27.8 Å². The van der Waals surface area contributed by atoms with Gasteiger partial charge in [0, 0.05) is 9.61 Å². The minimum Gasteiger partial charge on any atom is -0.481 e. The lowest BCUT2D eigenvalue weighted by atomic mass is 9.99. The molecule has 1 aliphatic heterocycles. The number of carbonyl (C=O) groups excluding carboxylic acids is 1. The Kier molecular flexibility index (Phi) is 5.98. The number of hydrogen-bond acceptors (Lipinski definition) is 3. The number of amides is 1. The highest BCUT2D eigenvalue weighted by Gasteiger charge is 2.26. The summed E-state index contributed by atoms with van der Waals surface area (Å²) in [6.07, 6.45) is 3.01. The predicted molar refractivity (Wildman–Crippen MR) is 89.3 cm³/mol. The fourth-order valence-corrected chi connectivity index (χ4v) is 3.16. The molecule has 0 radical (unpaired) electrons. The summed E-state index contributed by atoms with van der Waals surface area (Å²) in [5, 5.41) is 11.9. The van der Waals surface area contributed by atoms with Gasteiger partial charge in [0.15, 0.2) is 0 Å². The quantitative estimate of drug-likeness (QED) is 0.743. The van der Waals surface area contributed by atoms with Crippen LogP contribution in [0.2, 0.25) is 0 Å². The van der Waals surface area contributed by atoms with Gasteiger partial charge in [0.25, 0.3) is 0 Å². The van der Waals surface area contributed by atoms with Crippen LogP contribution in [0.15, 0.2) is 24.3 Å². The molecule has 1 atom stereocenters. The summed E-state index contributed by atoms with van der Waals surface area (Å²) in [4.78, 5) is 25.1. The van der Waals surface area contributed by atoms with Gasteiger partial charge in [-0.2, -0.15) is 0 Å². The SMILES string of the molecule is O=C(O)CC1CCCCN1CC(=O)Nc1ccccc1I. The van der Waals surface area contributed by atoms with Crippen LogP contribution >= 0.6 is 22.6 Å². The summed E-state index contributed by atoms with van der Waals surface area (Å²) >= 11 is 2.18. The number of benzene rings is 1. The van der Waals surface area contributed by atoms with Gasteiger partial charge < -0.3 is 10.4 Å². The molecule has 1 aliphatic rings. The Hall–Kier alpha value is -1.15. The first kappa shape index (κ1) is 16.2. The van der Waals surface area contributed by atoms with E-state index < -0.39 is 5.97 Å². The van der Waals surface area contributed by atoms with Crippen molar-refractivity contribution < 1.29 is 14.7 Å². The number of nitrogens with one attached hydrogen (secondary N) is 1. The molecule has 0 saturated carbocycles. The second-order valence-corrected chi connectivity index (χ2v) is 6.41. The van der Waals surface area contributed by atoms with Crippen molar-refractivity contribution in [1.29, 1.82) is 0 Å². The molecule has 1 amide bonds. The number of anilines is 1. The molecule has 0 bridgehead atoms. The number of piperidine rings is 1. The third-order valence-corrected chi connectivity index (χ3v) is 4.59. The predicted octanol–water partition coefficient (Wildman–Crippen LogP) is 2.56. The number of para-hydroxylation sites is 1. The lowest BCUT2D eigenvalue weighted by Crippen LogP contribution is -2.44. The van der Waals surface area contributed by atoms with E-state index in [0.29, 0.717) is 0 Å². The third-order valence-electron chi connectivity index (χ3n) is 3.65. The lowest BCUT2D eigenvalue weighted by molar-refractivity contribution is -0.139. The third kappa shape index (κ3) is 4.96. The van der Waals surface area contributed by atoms with Gasteiger partial charge in [0.2, 0.25) is 5.91 Å². The van der Waals surface area contributed by atoms with Crippen LogP contribution in [0.25, 0.3) is 0 Å². The van der Waals surface area contributed by atoms with E-state index in [4.69, 9.17) is 5.11 Å². The zero-order valence-electron chi connectivity index (χ0n) is 11.7. The molecule has 0 aliphatic carbocycles. The molecule has 1 unspecified atom stereocenters. The summed E-state index contributed by atoms with van der Waals surface area (Å²) in [6.45, 7) is 1.04. The van der Waals surface area contributed by atoms with E-state index in [1.807, 2.05) is 29.2 Å². The van der Waals surface area contributed by atoms with Gasteiger partial charge >= 0.3 is 5.97 Å². The highest BCUT2D eigenvalue weighted by atomic mass is 127. The number of hydrogen-bond donors (Lipinski definition) is 2. The number of nitrogens with zero attached hydrogens (tertiary/aromatic N) is 1. The van der Waals surface area contributed by atoms with Crippen molar-refractivity contribution in [2.24, 2.45) is 0 Å².